The first-order valence-corrected chi connectivity index (χ1v) is 7.25. The molecule has 2 atom stereocenters. The molecule has 0 aromatic carbocycles. The largest absolute Gasteiger partial charge is 0.336 e. The van der Waals surface area contributed by atoms with Crippen LogP contribution in [-0.2, 0) is 14.5 Å². The van der Waals surface area contributed by atoms with Crippen LogP contribution in [0, 0.1) is 5.92 Å². The van der Waals surface area contributed by atoms with Crippen LogP contribution in [0.4, 0.5) is 0 Å². The van der Waals surface area contributed by atoms with Crippen LogP contribution in [0.25, 0.3) is 0 Å². The molecule has 1 fully saturated rings. The lowest BCUT2D eigenvalue weighted by molar-refractivity contribution is 0.201. The van der Waals surface area contributed by atoms with Gasteiger partial charge in [0.25, 0.3) is 0 Å². The molecule has 4 nitrogen and oxygen atoms in total. The molecule has 5 heteroatoms. The summed E-state index contributed by atoms with van der Waals surface area (Å²) < 4.78 is 30.4. The molecule has 0 saturated carbocycles. The first kappa shape index (κ1) is 12.8. The van der Waals surface area contributed by atoms with E-state index in [0.717, 1.165) is 18.4 Å². The van der Waals surface area contributed by atoms with E-state index in [0.29, 0.717) is 12.3 Å². The highest BCUT2D eigenvalue weighted by Crippen LogP contribution is 2.38. The standard InChI is InChI=1S/C12H19NO3S/c1-9(2)11-6-10(3)7-12(8-11)4-5-16-17(14,15)13-12/h7,11,13H,1,4-6,8H2,2-3H3. The summed E-state index contributed by atoms with van der Waals surface area (Å²) in [4.78, 5) is 0. The van der Waals surface area contributed by atoms with Gasteiger partial charge in [0.05, 0.1) is 12.1 Å². The van der Waals surface area contributed by atoms with Crippen molar-refractivity contribution in [1.29, 1.82) is 0 Å². The zero-order chi connectivity index (χ0) is 12.7. The van der Waals surface area contributed by atoms with E-state index in [1.807, 2.05) is 19.9 Å². The molecule has 0 aromatic rings. The Kier molecular flexibility index (Phi) is 3.18. The molecule has 0 bridgehead atoms. The molecule has 0 aromatic heterocycles. The van der Waals surface area contributed by atoms with Crippen molar-refractivity contribution in [2.24, 2.45) is 5.92 Å². The van der Waals surface area contributed by atoms with Crippen LogP contribution in [0.15, 0.2) is 23.8 Å². The van der Waals surface area contributed by atoms with Crippen molar-refractivity contribution in [2.45, 2.75) is 38.6 Å². The van der Waals surface area contributed by atoms with E-state index in [1.165, 1.54) is 5.57 Å². The summed E-state index contributed by atoms with van der Waals surface area (Å²) in [6.07, 6.45) is 4.49. The minimum absolute atomic E-state index is 0.252. The maximum atomic E-state index is 11.5. The van der Waals surface area contributed by atoms with Crippen molar-refractivity contribution >= 4 is 10.3 Å². The summed E-state index contributed by atoms with van der Waals surface area (Å²) in [6.45, 7) is 8.29. The minimum atomic E-state index is -3.59. The van der Waals surface area contributed by atoms with Gasteiger partial charge in [-0.05, 0) is 39.0 Å². The van der Waals surface area contributed by atoms with Crippen molar-refractivity contribution in [3.05, 3.63) is 23.8 Å². The molecular formula is C12H19NO3S. The molecule has 1 spiro atoms. The molecule has 1 aliphatic carbocycles. The monoisotopic (exact) mass is 257 g/mol. The van der Waals surface area contributed by atoms with Gasteiger partial charge in [-0.1, -0.05) is 23.8 Å². The van der Waals surface area contributed by atoms with Gasteiger partial charge in [-0.3, -0.25) is 4.18 Å². The van der Waals surface area contributed by atoms with E-state index in [4.69, 9.17) is 4.18 Å². The highest BCUT2D eigenvalue weighted by Gasteiger charge is 2.41. The summed E-state index contributed by atoms with van der Waals surface area (Å²) in [5, 5.41) is 0. The lowest BCUT2D eigenvalue weighted by Gasteiger charge is -2.41. The van der Waals surface area contributed by atoms with Gasteiger partial charge in [0.2, 0.25) is 0 Å². The van der Waals surface area contributed by atoms with Crippen molar-refractivity contribution in [1.82, 2.24) is 4.72 Å². The van der Waals surface area contributed by atoms with E-state index >= 15 is 0 Å². The summed E-state index contributed by atoms with van der Waals surface area (Å²) in [7, 11) is -3.59. The number of nitrogens with one attached hydrogen (secondary N) is 1. The van der Waals surface area contributed by atoms with Crippen LogP contribution >= 0.6 is 0 Å². The fraction of sp³-hybridized carbons (Fsp3) is 0.667. The Bertz CT molecular complexity index is 466. The second-order valence-corrected chi connectivity index (χ2v) is 6.57. The second kappa shape index (κ2) is 4.23. The Morgan fingerprint density at radius 3 is 2.94 bits per heavy atom. The third-order valence-electron chi connectivity index (χ3n) is 3.51. The van der Waals surface area contributed by atoms with E-state index in [2.05, 4.69) is 11.3 Å². The number of hydrogen-bond donors (Lipinski definition) is 1. The molecule has 1 aliphatic heterocycles. The van der Waals surface area contributed by atoms with E-state index < -0.39 is 15.8 Å². The van der Waals surface area contributed by atoms with Crippen LogP contribution < -0.4 is 4.72 Å². The third-order valence-corrected chi connectivity index (χ3v) is 4.65. The molecule has 1 heterocycles. The predicted molar refractivity (Wildman–Crippen MR) is 66.7 cm³/mol. The van der Waals surface area contributed by atoms with E-state index in [-0.39, 0.29) is 6.61 Å². The van der Waals surface area contributed by atoms with Gasteiger partial charge in [0, 0.05) is 0 Å². The smallest absolute Gasteiger partial charge is 0.258 e. The van der Waals surface area contributed by atoms with Crippen molar-refractivity contribution in [2.75, 3.05) is 6.61 Å². The Balaban J connectivity index is 2.30. The quantitative estimate of drug-likeness (QED) is 0.730. The average Bonchev–Trinajstić information content (AvgIpc) is 2.13. The number of allylic oxidation sites excluding steroid dienone is 2. The van der Waals surface area contributed by atoms with Crippen LogP contribution in [-0.4, -0.2) is 20.6 Å². The van der Waals surface area contributed by atoms with Gasteiger partial charge >= 0.3 is 10.3 Å². The summed E-state index contributed by atoms with van der Waals surface area (Å²) in [5.41, 5.74) is 1.86. The average molecular weight is 257 g/mol. The molecule has 1 N–H and O–H groups in total. The zero-order valence-electron chi connectivity index (χ0n) is 10.3. The lowest BCUT2D eigenvalue weighted by Crippen LogP contribution is -2.54. The number of rotatable bonds is 1. The van der Waals surface area contributed by atoms with Crippen molar-refractivity contribution in [3.8, 4) is 0 Å². The Morgan fingerprint density at radius 2 is 2.35 bits per heavy atom. The zero-order valence-corrected chi connectivity index (χ0v) is 11.1. The molecule has 0 radical (unpaired) electrons. The molecule has 2 aliphatic rings. The predicted octanol–water partition coefficient (Wildman–Crippen LogP) is 1.91. The Hall–Kier alpha value is -0.650. The highest BCUT2D eigenvalue weighted by atomic mass is 32.2. The van der Waals surface area contributed by atoms with Crippen molar-refractivity contribution < 1.29 is 12.6 Å². The third kappa shape index (κ3) is 2.78. The fourth-order valence-electron chi connectivity index (χ4n) is 2.75. The van der Waals surface area contributed by atoms with Crippen LogP contribution in [0.2, 0.25) is 0 Å². The van der Waals surface area contributed by atoms with Gasteiger partial charge in [-0.25, -0.2) is 0 Å². The Labute approximate surface area is 103 Å². The molecule has 96 valence electrons. The lowest BCUT2D eigenvalue weighted by atomic mass is 9.74. The van der Waals surface area contributed by atoms with E-state index in [9.17, 15) is 8.42 Å². The fourth-order valence-corrected chi connectivity index (χ4v) is 3.85. The first-order valence-electron chi connectivity index (χ1n) is 5.84. The van der Waals surface area contributed by atoms with Gasteiger partial charge in [0.15, 0.2) is 0 Å². The summed E-state index contributed by atoms with van der Waals surface area (Å²) in [5.74, 6) is 0.348. The van der Waals surface area contributed by atoms with Gasteiger partial charge < -0.3 is 0 Å². The minimum Gasteiger partial charge on any atom is -0.258 e. The molecule has 1 saturated heterocycles. The topological polar surface area (TPSA) is 55.4 Å². The molecule has 2 rings (SSSR count). The van der Waals surface area contributed by atoms with Crippen molar-refractivity contribution in [3.63, 3.8) is 0 Å². The maximum absolute atomic E-state index is 11.5. The van der Waals surface area contributed by atoms with Crippen LogP contribution in [0.3, 0.4) is 0 Å². The SMILES string of the molecule is C=C(C)C1CC(C)=CC2(CCOS(=O)(=O)N2)C1. The molecule has 0 amide bonds. The second-order valence-electron chi connectivity index (χ2n) is 5.23. The number of hydrogen-bond acceptors (Lipinski definition) is 3. The van der Waals surface area contributed by atoms with E-state index in [1.54, 1.807) is 0 Å². The summed E-state index contributed by atoms with van der Waals surface area (Å²) >= 11 is 0. The molecule has 17 heavy (non-hydrogen) atoms. The van der Waals surface area contributed by atoms with Crippen LogP contribution in [0.1, 0.15) is 33.1 Å². The maximum Gasteiger partial charge on any atom is 0.336 e. The first-order chi connectivity index (χ1) is 7.82. The van der Waals surface area contributed by atoms with Gasteiger partial charge in [0.1, 0.15) is 0 Å². The highest BCUT2D eigenvalue weighted by molar-refractivity contribution is 7.84. The normalized spacial score (nSPS) is 36.6. The van der Waals surface area contributed by atoms with Crippen LogP contribution in [0.5, 0.6) is 0 Å². The molecule has 2 unspecified atom stereocenters. The summed E-state index contributed by atoms with van der Waals surface area (Å²) in [6, 6.07) is 0. The molecular weight excluding hydrogens is 238 g/mol. The Morgan fingerprint density at radius 1 is 1.65 bits per heavy atom. The van der Waals surface area contributed by atoms with Gasteiger partial charge in [-0.2, -0.15) is 13.1 Å². The van der Waals surface area contributed by atoms with Gasteiger partial charge in [-0.15, -0.1) is 0 Å².